The van der Waals surface area contributed by atoms with Crippen LogP contribution in [0.5, 0.6) is 0 Å². The number of benzene rings is 1. The van der Waals surface area contributed by atoms with Gasteiger partial charge in [0.2, 0.25) is 5.91 Å². The van der Waals surface area contributed by atoms with Gasteiger partial charge in [0, 0.05) is 30.2 Å². The summed E-state index contributed by atoms with van der Waals surface area (Å²) in [6.07, 6.45) is 4.26. The van der Waals surface area contributed by atoms with Gasteiger partial charge < -0.3 is 9.88 Å². The minimum Gasteiger partial charge on any atom is -0.361 e. The van der Waals surface area contributed by atoms with Crippen LogP contribution >= 0.6 is 0 Å². The van der Waals surface area contributed by atoms with E-state index in [0.717, 1.165) is 24.9 Å². The Kier molecular flexibility index (Phi) is 3.05. The maximum absolute atomic E-state index is 12.3. The fourth-order valence-electron chi connectivity index (χ4n) is 2.49. The lowest BCUT2D eigenvalue weighted by Crippen LogP contribution is -2.35. The Labute approximate surface area is 113 Å². The summed E-state index contributed by atoms with van der Waals surface area (Å²) < 4.78 is 0. The van der Waals surface area contributed by atoms with E-state index in [2.05, 4.69) is 34.1 Å². The van der Waals surface area contributed by atoms with Crippen molar-refractivity contribution in [2.75, 3.05) is 0 Å². The molecule has 3 rings (SSSR count). The predicted molar refractivity (Wildman–Crippen MR) is 76.7 cm³/mol. The lowest BCUT2D eigenvalue weighted by atomic mass is 10.1. The normalized spacial score (nSPS) is 15.1. The molecule has 0 unspecified atom stereocenters. The first kappa shape index (κ1) is 12.3. The number of H-pyrrole nitrogens is 1. The zero-order valence-electron chi connectivity index (χ0n) is 11.5. The van der Waals surface area contributed by atoms with Gasteiger partial charge in [-0.2, -0.15) is 0 Å². The second-order valence-corrected chi connectivity index (χ2v) is 5.75. The fourth-order valence-corrected chi connectivity index (χ4v) is 2.49. The van der Waals surface area contributed by atoms with Crippen LogP contribution in [0.15, 0.2) is 30.5 Å². The van der Waals surface area contributed by atoms with E-state index in [1.807, 2.05) is 20.0 Å². The number of aromatic amines is 1. The topological polar surface area (TPSA) is 36.1 Å². The molecule has 0 radical (unpaired) electrons. The Morgan fingerprint density at radius 3 is 2.84 bits per heavy atom. The minimum atomic E-state index is 0.0785. The number of carbonyl (C=O) groups excluding carboxylic acids is 1. The van der Waals surface area contributed by atoms with Crippen molar-refractivity contribution in [3.63, 3.8) is 0 Å². The second kappa shape index (κ2) is 4.72. The molecule has 0 atom stereocenters. The highest BCUT2D eigenvalue weighted by molar-refractivity contribution is 5.81. The van der Waals surface area contributed by atoms with E-state index in [1.165, 1.54) is 10.9 Å². The van der Waals surface area contributed by atoms with Crippen molar-refractivity contribution in [1.29, 1.82) is 0 Å². The molecule has 2 aromatic rings. The van der Waals surface area contributed by atoms with Crippen LogP contribution in [0.4, 0.5) is 0 Å². The average molecular weight is 256 g/mol. The van der Waals surface area contributed by atoms with E-state index in [9.17, 15) is 4.79 Å². The van der Waals surface area contributed by atoms with Crippen molar-refractivity contribution in [2.45, 2.75) is 39.3 Å². The van der Waals surface area contributed by atoms with Gasteiger partial charge >= 0.3 is 0 Å². The van der Waals surface area contributed by atoms with Crippen molar-refractivity contribution in [3.8, 4) is 0 Å². The molecule has 1 N–H and O–H groups in total. The molecule has 0 aliphatic heterocycles. The summed E-state index contributed by atoms with van der Waals surface area (Å²) in [5, 5.41) is 1.22. The van der Waals surface area contributed by atoms with Gasteiger partial charge in [-0.05, 0) is 35.9 Å². The largest absolute Gasteiger partial charge is 0.361 e. The molecule has 1 fully saturated rings. The Morgan fingerprint density at radius 1 is 1.37 bits per heavy atom. The van der Waals surface area contributed by atoms with Gasteiger partial charge in [0.1, 0.15) is 0 Å². The fraction of sp³-hybridized carbons (Fsp3) is 0.438. The van der Waals surface area contributed by atoms with Crippen LogP contribution in [0.2, 0.25) is 0 Å². The zero-order chi connectivity index (χ0) is 13.4. The van der Waals surface area contributed by atoms with Crippen molar-refractivity contribution >= 4 is 16.8 Å². The van der Waals surface area contributed by atoms with E-state index in [-0.39, 0.29) is 11.8 Å². The van der Waals surface area contributed by atoms with Gasteiger partial charge in [0.05, 0.1) is 0 Å². The molecule has 1 heterocycles. The number of hydrogen-bond acceptors (Lipinski definition) is 1. The summed E-state index contributed by atoms with van der Waals surface area (Å²) in [5.74, 6) is 0.351. The van der Waals surface area contributed by atoms with Crippen LogP contribution in [0.3, 0.4) is 0 Å². The van der Waals surface area contributed by atoms with Gasteiger partial charge in [-0.1, -0.05) is 26.0 Å². The first-order valence-electron chi connectivity index (χ1n) is 7.01. The number of rotatable bonds is 4. The van der Waals surface area contributed by atoms with Crippen LogP contribution in [0, 0.1) is 5.92 Å². The highest BCUT2D eigenvalue weighted by Crippen LogP contribution is 2.30. The van der Waals surface area contributed by atoms with Crippen LogP contribution in [0.25, 0.3) is 10.9 Å². The summed E-state index contributed by atoms with van der Waals surface area (Å²) in [5.41, 5.74) is 2.35. The van der Waals surface area contributed by atoms with E-state index in [4.69, 9.17) is 0 Å². The molecule has 1 amide bonds. The van der Waals surface area contributed by atoms with Crippen molar-refractivity contribution in [3.05, 3.63) is 36.0 Å². The molecule has 19 heavy (non-hydrogen) atoms. The quantitative estimate of drug-likeness (QED) is 0.895. The van der Waals surface area contributed by atoms with Crippen LogP contribution in [-0.4, -0.2) is 21.8 Å². The zero-order valence-corrected chi connectivity index (χ0v) is 11.5. The van der Waals surface area contributed by atoms with E-state index in [1.54, 1.807) is 0 Å². The average Bonchev–Trinajstić information content (AvgIpc) is 3.12. The third-order valence-corrected chi connectivity index (χ3v) is 3.74. The standard InChI is InChI=1S/C16H20N2O/c1-11(2)16(19)18(14-5-6-14)10-12-3-4-13-7-8-17-15(13)9-12/h3-4,7-9,11,14,17H,5-6,10H2,1-2H3. The van der Waals surface area contributed by atoms with Gasteiger partial charge in [-0.3, -0.25) is 4.79 Å². The molecule has 100 valence electrons. The maximum Gasteiger partial charge on any atom is 0.225 e. The monoisotopic (exact) mass is 256 g/mol. The number of nitrogens with one attached hydrogen (secondary N) is 1. The number of carbonyl (C=O) groups is 1. The van der Waals surface area contributed by atoms with E-state index in [0.29, 0.717) is 6.04 Å². The molecule has 0 bridgehead atoms. The molecule has 1 aromatic heterocycles. The van der Waals surface area contributed by atoms with Gasteiger partial charge in [-0.15, -0.1) is 0 Å². The number of fused-ring (bicyclic) bond motifs is 1. The number of aromatic nitrogens is 1. The number of hydrogen-bond donors (Lipinski definition) is 1. The lowest BCUT2D eigenvalue weighted by Gasteiger charge is -2.24. The van der Waals surface area contributed by atoms with Gasteiger partial charge in [0.25, 0.3) is 0 Å². The second-order valence-electron chi connectivity index (χ2n) is 5.75. The third-order valence-electron chi connectivity index (χ3n) is 3.74. The lowest BCUT2D eigenvalue weighted by molar-refractivity contribution is -0.135. The van der Waals surface area contributed by atoms with Gasteiger partial charge in [0.15, 0.2) is 0 Å². The first-order chi connectivity index (χ1) is 9.15. The van der Waals surface area contributed by atoms with E-state index < -0.39 is 0 Å². The van der Waals surface area contributed by atoms with Crippen molar-refractivity contribution < 1.29 is 4.79 Å². The molecule has 3 nitrogen and oxygen atoms in total. The van der Waals surface area contributed by atoms with Crippen molar-refractivity contribution in [2.24, 2.45) is 5.92 Å². The Morgan fingerprint density at radius 2 is 2.16 bits per heavy atom. The number of nitrogens with zero attached hydrogens (tertiary/aromatic N) is 1. The Hall–Kier alpha value is -1.77. The minimum absolute atomic E-state index is 0.0785. The third kappa shape index (κ3) is 2.50. The summed E-state index contributed by atoms with van der Waals surface area (Å²) in [6, 6.07) is 8.93. The molecule has 1 saturated carbocycles. The van der Waals surface area contributed by atoms with E-state index >= 15 is 0 Å². The molecule has 3 heteroatoms. The summed E-state index contributed by atoms with van der Waals surface area (Å²) in [7, 11) is 0. The summed E-state index contributed by atoms with van der Waals surface area (Å²) in [4.78, 5) is 17.5. The molecule has 0 spiro atoms. The summed E-state index contributed by atoms with van der Waals surface area (Å²) in [6.45, 7) is 4.69. The smallest absolute Gasteiger partial charge is 0.225 e. The van der Waals surface area contributed by atoms with Crippen LogP contribution in [0.1, 0.15) is 32.3 Å². The highest BCUT2D eigenvalue weighted by atomic mass is 16.2. The van der Waals surface area contributed by atoms with Crippen LogP contribution in [-0.2, 0) is 11.3 Å². The SMILES string of the molecule is CC(C)C(=O)N(Cc1ccc2cc[nH]c2c1)C1CC1. The molecular weight excluding hydrogens is 236 g/mol. The predicted octanol–water partition coefficient (Wildman–Crippen LogP) is 3.31. The molecule has 1 aliphatic carbocycles. The Bertz CT molecular complexity index is 596. The molecular formula is C16H20N2O. The highest BCUT2D eigenvalue weighted by Gasteiger charge is 2.33. The molecule has 0 saturated heterocycles. The number of amides is 1. The van der Waals surface area contributed by atoms with Crippen molar-refractivity contribution in [1.82, 2.24) is 9.88 Å². The summed E-state index contributed by atoms with van der Waals surface area (Å²) >= 11 is 0. The Balaban J connectivity index is 1.82. The maximum atomic E-state index is 12.3. The van der Waals surface area contributed by atoms with Crippen LogP contribution < -0.4 is 0 Å². The first-order valence-corrected chi connectivity index (χ1v) is 7.01. The van der Waals surface area contributed by atoms with Gasteiger partial charge in [-0.25, -0.2) is 0 Å². The molecule has 1 aliphatic rings. The molecule has 1 aromatic carbocycles.